The van der Waals surface area contributed by atoms with Crippen molar-refractivity contribution in [2.75, 3.05) is 0 Å². The second-order valence-corrected chi connectivity index (χ2v) is 5.69. The van der Waals surface area contributed by atoms with Crippen LogP contribution in [0.4, 0.5) is 0 Å². The van der Waals surface area contributed by atoms with Crippen molar-refractivity contribution in [1.82, 2.24) is 5.32 Å². The first-order chi connectivity index (χ1) is 10.2. The van der Waals surface area contributed by atoms with E-state index in [-0.39, 0.29) is 0 Å². The van der Waals surface area contributed by atoms with E-state index in [1.807, 2.05) is 0 Å². The predicted octanol–water partition coefficient (Wildman–Crippen LogP) is 5.00. The van der Waals surface area contributed by atoms with E-state index in [4.69, 9.17) is 0 Å². The SMILES string of the molecule is Cc1ccc(C(C)NCc2ccc3ccccc3c2)cc1. The van der Waals surface area contributed by atoms with Gasteiger partial charge in [-0.05, 0) is 41.8 Å². The lowest BCUT2D eigenvalue weighted by atomic mass is 10.0. The Morgan fingerprint density at radius 1 is 0.857 bits per heavy atom. The maximum absolute atomic E-state index is 3.60. The van der Waals surface area contributed by atoms with Crippen LogP contribution in [0, 0.1) is 6.92 Å². The first-order valence-electron chi connectivity index (χ1n) is 7.50. The molecule has 106 valence electrons. The number of aryl methyl sites for hydroxylation is 1. The zero-order valence-corrected chi connectivity index (χ0v) is 12.6. The van der Waals surface area contributed by atoms with Gasteiger partial charge in [0.1, 0.15) is 0 Å². The minimum Gasteiger partial charge on any atom is -0.306 e. The highest BCUT2D eigenvalue weighted by atomic mass is 14.9. The van der Waals surface area contributed by atoms with Gasteiger partial charge in [-0.3, -0.25) is 0 Å². The molecule has 1 N–H and O–H groups in total. The third-order valence-corrected chi connectivity index (χ3v) is 4.00. The summed E-state index contributed by atoms with van der Waals surface area (Å²) < 4.78 is 0. The zero-order valence-electron chi connectivity index (χ0n) is 12.6. The molecule has 3 aromatic rings. The summed E-state index contributed by atoms with van der Waals surface area (Å²) in [5, 5.41) is 6.20. The number of hydrogen-bond acceptors (Lipinski definition) is 1. The van der Waals surface area contributed by atoms with Crippen LogP contribution >= 0.6 is 0 Å². The van der Waals surface area contributed by atoms with Crippen molar-refractivity contribution < 1.29 is 0 Å². The van der Waals surface area contributed by atoms with E-state index < -0.39 is 0 Å². The number of benzene rings is 3. The maximum atomic E-state index is 3.60. The largest absolute Gasteiger partial charge is 0.306 e. The van der Waals surface area contributed by atoms with Crippen molar-refractivity contribution >= 4 is 10.8 Å². The Kier molecular flexibility index (Phi) is 4.03. The lowest BCUT2D eigenvalue weighted by Gasteiger charge is -2.15. The van der Waals surface area contributed by atoms with Crippen LogP contribution in [-0.2, 0) is 6.54 Å². The molecule has 3 rings (SSSR count). The molecule has 0 aliphatic rings. The molecule has 0 spiro atoms. The fourth-order valence-corrected chi connectivity index (χ4v) is 2.59. The van der Waals surface area contributed by atoms with Crippen LogP contribution in [0.1, 0.15) is 29.7 Å². The molecule has 1 unspecified atom stereocenters. The van der Waals surface area contributed by atoms with E-state index in [0.717, 1.165) is 6.54 Å². The number of hydrogen-bond donors (Lipinski definition) is 1. The number of rotatable bonds is 4. The molecule has 0 aliphatic heterocycles. The van der Waals surface area contributed by atoms with Crippen LogP contribution in [0.15, 0.2) is 66.7 Å². The molecular formula is C20H21N. The van der Waals surface area contributed by atoms with Gasteiger partial charge in [0.25, 0.3) is 0 Å². The van der Waals surface area contributed by atoms with Gasteiger partial charge in [0.15, 0.2) is 0 Å². The Bertz CT molecular complexity index is 728. The summed E-state index contributed by atoms with van der Waals surface area (Å²) in [5.41, 5.74) is 3.97. The van der Waals surface area contributed by atoms with Crippen LogP contribution in [0.2, 0.25) is 0 Å². The monoisotopic (exact) mass is 275 g/mol. The van der Waals surface area contributed by atoms with Gasteiger partial charge in [-0.15, -0.1) is 0 Å². The molecule has 0 saturated heterocycles. The smallest absolute Gasteiger partial charge is 0.0294 e. The fraction of sp³-hybridized carbons (Fsp3) is 0.200. The Balaban J connectivity index is 1.69. The summed E-state index contributed by atoms with van der Waals surface area (Å²) in [5.74, 6) is 0. The van der Waals surface area contributed by atoms with E-state index in [1.165, 1.54) is 27.5 Å². The van der Waals surface area contributed by atoms with Crippen LogP contribution in [0.5, 0.6) is 0 Å². The van der Waals surface area contributed by atoms with Crippen molar-refractivity contribution in [1.29, 1.82) is 0 Å². The van der Waals surface area contributed by atoms with Gasteiger partial charge in [-0.2, -0.15) is 0 Å². The highest BCUT2D eigenvalue weighted by molar-refractivity contribution is 5.82. The molecule has 0 saturated carbocycles. The van der Waals surface area contributed by atoms with Gasteiger partial charge in [0.2, 0.25) is 0 Å². The summed E-state index contributed by atoms with van der Waals surface area (Å²) in [6.07, 6.45) is 0. The van der Waals surface area contributed by atoms with Crippen molar-refractivity contribution in [2.24, 2.45) is 0 Å². The zero-order chi connectivity index (χ0) is 14.7. The third-order valence-electron chi connectivity index (χ3n) is 4.00. The minimum atomic E-state index is 0.358. The Hall–Kier alpha value is -2.12. The van der Waals surface area contributed by atoms with Crippen molar-refractivity contribution in [2.45, 2.75) is 26.4 Å². The summed E-state index contributed by atoms with van der Waals surface area (Å²) >= 11 is 0. The van der Waals surface area contributed by atoms with E-state index in [1.54, 1.807) is 0 Å². The quantitative estimate of drug-likeness (QED) is 0.706. The average Bonchev–Trinajstić information content (AvgIpc) is 2.53. The molecule has 1 atom stereocenters. The van der Waals surface area contributed by atoms with Crippen LogP contribution < -0.4 is 5.32 Å². The topological polar surface area (TPSA) is 12.0 Å². The highest BCUT2D eigenvalue weighted by Crippen LogP contribution is 2.17. The van der Waals surface area contributed by atoms with Gasteiger partial charge in [-0.1, -0.05) is 66.2 Å². The van der Waals surface area contributed by atoms with Gasteiger partial charge in [0.05, 0.1) is 0 Å². The predicted molar refractivity (Wildman–Crippen MR) is 90.4 cm³/mol. The fourth-order valence-electron chi connectivity index (χ4n) is 2.59. The van der Waals surface area contributed by atoms with Gasteiger partial charge < -0.3 is 5.32 Å². The second-order valence-electron chi connectivity index (χ2n) is 5.69. The van der Waals surface area contributed by atoms with Crippen molar-refractivity contribution in [3.8, 4) is 0 Å². The molecular weight excluding hydrogens is 254 g/mol. The van der Waals surface area contributed by atoms with Crippen molar-refractivity contribution in [3.05, 3.63) is 83.4 Å². The normalized spacial score (nSPS) is 12.5. The lowest BCUT2D eigenvalue weighted by molar-refractivity contribution is 0.575. The third kappa shape index (κ3) is 3.32. The average molecular weight is 275 g/mol. The van der Waals surface area contributed by atoms with Crippen LogP contribution in [0.3, 0.4) is 0 Å². The number of fused-ring (bicyclic) bond motifs is 1. The molecule has 3 aromatic carbocycles. The molecule has 1 nitrogen and oxygen atoms in total. The van der Waals surface area contributed by atoms with E-state index in [2.05, 4.69) is 85.9 Å². The molecule has 0 aliphatic carbocycles. The van der Waals surface area contributed by atoms with E-state index >= 15 is 0 Å². The first kappa shape index (κ1) is 13.8. The molecule has 0 radical (unpaired) electrons. The summed E-state index contributed by atoms with van der Waals surface area (Å²) in [6, 6.07) is 24.3. The summed E-state index contributed by atoms with van der Waals surface area (Å²) in [4.78, 5) is 0. The standard InChI is InChI=1S/C20H21N/c1-15-7-10-18(11-8-15)16(2)21-14-17-9-12-19-5-3-4-6-20(19)13-17/h3-13,16,21H,14H2,1-2H3. The maximum Gasteiger partial charge on any atom is 0.0294 e. The highest BCUT2D eigenvalue weighted by Gasteiger charge is 2.04. The first-order valence-corrected chi connectivity index (χ1v) is 7.50. The Labute approximate surface area is 126 Å². The van der Waals surface area contributed by atoms with E-state index in [9.17, 15) is 0 Å². The van der Waals surface area contributed by atoms with Gasteiger partial charge in [-0.25, -0.2) is 0 Å². The lowest BCUT2D eigenvalue weighted by Crippen LogP contribution is -2.17. The Morgan fingerprint density at radius 3 is 2.33 bits per heavy atom. The molecule has 0 amide bonds. The number of nitrogens with one attached hydrogen (secondary N) is 1. The van der Waals surface area contributed by atoms with Crippen molar-refractivity contribution in [3.63, 3.8) is 0 Å². The molecule has 0 fully saturated rings. The molecule has 0 aromatic heterocycles. The minimum absolute atomic E-state index is 0.358. The van der Waals surface area contributed by atoms with Crippen LogP contribution in [-0.4, -0.2) is 0 Å². The Morgan fingerprint density at radius 2 is 1.57 bits per heavy atom. The molecule has 1 heteroatoms. The van der Waals surface area contributed by atoms with Crippen LogP contribution in [0.25, 0.3) is 10.8 Å². The molecule has 0 heterocycles. The summed E-state index contributed by atoms with van der Waals surface area (Å²) in [7, 11) is 0. The molecule has 0 bridgehead atoms. The second kappa shape index (κ2) is 6.11. The van der Waals surface area contributed by atoms with E-state index in [0.29, 0.717) is 6.04 Å². The van der Waals surface area contributed by atoms with Gasteiger partial charge in [0, 0.05) is 12.6 Å². The van der Waals surface area contributed by atoms with Gasteiger partial charge >= 0.3 is 0 Å². The molecule has 21 heavy (non-hydrogen) atoms. The summed E-state index contributed by atoms with van der Waals surface area (Å²) in [6.45, 7) is 5.22.